The number of anilines is 1. The third-order valence-electron chi connectivity index (χ3n) is 4.92. The second-order valence-corrected chi connectivity index (χ2v) is 7.25. The molecule has 0 saturated carbocycles. The van der Waals surface area contributed by atoms with Crippen molar-refractivity contribution in [3.05, 3.63) is 28.8 Å². The molecule has 2 heterocycles. The van der Waals surface area contributed by atoms with E-state index in [0.717, 1.165) is 57.9 Å². The Kier molecular flexibility index (Phi) is 6.01. The molecule has 3 rings (SSSR count). The zero-order valence-electron chi connectivity index (χ0n) is 14.5. The van der Waals surface area contributed by atoms with Crippen LogP contribution in [-0.4, -0.2) is 50.2 Å². The maximum atomic E-state index is 12.7. The van der Waals surface area contributed by atoms with Gasteiger partial charge in [0.15, 0.2) is 0 Å². The zero-order chi connectivity index (χ0) is 16.9. The molecule has 4 nitrogen and oxygen atoms in total. The monoisotopic (exact) mass is 350 g/mol. The van der Waals surface area contributed by atoms with Crippen LogP contribution in [0.15, 0.2) is 18.2 Å². The lowest BCUT2D eigenvalue weighted by Crippen LogP contribution is -2.29. The van der Waals surface area contributed by atoms with Crippen LogP contribution >= 0.6 is 11.6 Å². The fourth-order valence-electron chi connectivity index (χ4n) is 3.58. The largest absolute Gasteiger partial charge is 0.381 e. The van der Waals surface area contributed by atoms with Gasteiger partial charge in [-0.25, -0.2) is 0 Å². The summed E-state index contributed by atoms with van der Waals surface area (Å²) in [4.78, 5) is 17.0. The van der Waals surface area contributed by atoms with E-state index in [1.165, 1.54) is 12.8 Å². The Morgan fingerprint density at radius 3 is 2.79 bits per heavy atom. The van der Waals surface area contributed by atoms with Gasteiger partial charge in [0.2, 0.25) is 0 Å². The van der Waals surface area contributed by atoms with Crippen LogP contribution in [0.5, 0.6) is 0 Å². The predicted molar refractivity (Wildman–Crippen MR) is 98.0 cm³/mol. The van der Waals surface area contributed by atoms with Crippen molar-refractivity contribution >= 4 is 23.2 Å². The average molecular weight is 351 g/mol. The summed E-state index contributed by atoms with van der Waals surface area (Å²) < 4.78 is 5.63. The second-order valence-electron chi connectivity index (χ2n) is 6.84. The predicted octanol–water partition coefficient (Wildman–Crippen LogP) is 3.83. The lowest BCUT2D eigenvalue weighted by atomic mass is 10.1. The lowest BCUT2D eigenvalue weighted by Gasteiger charge is -2.21. The van der Waals surface area contributed by atoms with E-state index in [1.807, 2.05) is 23.1 Å². The molecule has 2 saturated heterocycles. The number of hydrogen-bond acceptors (Lipinski definition) is 3. The van der Waals surface area contributed by atoms with Crippen LogP contribution in [0, 0.1) is 5.92 Å². The first kappa shape index (κ1) is 17.6. The Hall–Kier alpha value is -1.26. The van der Waals surface area contributed by atoms with E-state index >= 15 is 0 Å². The molecule has 2 aliphatic rings. The van der Waals surface area contributed by atoms with Crippen molar-refractivity contribution < 1.29 is 9.53 Å². The van der Waals surface area contributed by atoms with Gasteiger partial charge in [0, 0.05) is 44.3 Å². The molecule has 0 radical (unpaired) electrons. The molecule has 1 atom stereocenters. The number of nitrogens with zero attached hydrogens (tertiary/aromatic N) is 2. The molecule has 5 heteroatoms. The Bertz CT molecular complexity index is 572. The van der Waals surface area contributed by atoms with E-state index in [9.17, 15) is 4.79 Å². The van der Waals surface area contributed by atoms with Crippen molar-refractivity contribution in [2.45, 2.75) is 32.6 Å². The van der Waals surface area contributed by atoms with Crippen LogP contribution in [0.1, 0.15) is 43.0 Å². The summed E-state index contributed by atoms with van der Waals surface area (Å²) in [5.74, 6) is 0.544. The van der Waals surface area contributed by atoms with Gasteiger partial charge in [0.1, 0.15) is 0 Å². The molecule has 2 fully saturated rings. The van der Waals surface area contributed by atoms with Crippen molar-refractivity contribution in [3.8, 4) is 0 Å². The zero-order valence-corrected chi connectivity index (χ0v) is 15.2. The van der Waals surface area contributed by atoms with Crippen LogP contribution in [-0.2, 0) is 4.74 Å². The van der Waals surface area contributed by atoms with Gasteiger partial charge in [0.05, 0.1) is 17.3 Å². The summed E-state index contributed by atoms with van der Waals surface area (Å²) in [6, 6.07) is 5.75. The van der Waals surface area contributed by atoms with Gasteiger partial charge in [-0.05, 0) is 43.9 Å². The molecular formula is C19H27ClN2O2. The molecule has 24 heavy (non-hydrogen) atoms. The van der Waals surface area contributed by atoms with Gasteiger partial charge in [-0.15, -0.1) is 0 Å². The number of carbonyl (C=O) groups is 1. The van der Waals surface area contributed by atoms with Crippen LogP contribution in [0.3, 0.4) is 0 Å². The van der Waals surface area contributed by atoms with Gasteiger partial charge in [0.25, 0.3) is 5.91 Å². The standard InChI is InChI=1S/C19H27ClN2O2/c1-2-11-24-14-15-7-10-22(13-15)19(23)16-5-6-18(17(20)12-16)21-8-3-4-9-21/h5-6,12,15H,2-4,7-11,13-14H2,1H3. The van der Waals surface area contributed by atoms with E-state index in [2.05, 4.69) is 11.8 Å². The van der Waals surface area contributed by atoms with E-state index in [1.54, 1.807) is 0 Å². The Labute approximate surface area is 149 Å². The van der Waals surface area contributed by atoms with E-state index in [-0.39, 0.29) is 5.91 Å². The number of ether oxygens (including phenoxy) is 1. The van der Waals surface area contributed by atoms with Gasteiger partial charge in [-0.2, -0.15) is 0 Å². The average Bonchev–Trinajstić information content (AvgIpc) is 3.26. The van der Waals surface area contributed by atoms with Gasteiger partial charge < -0.3 is 14.5 Å². The van der Waals surface area contributed by atoms with E-state index < -0.39 is 0 Å². The van der Waals surface area contributed by atoms with Crippen LogP contribution < -0.4 is 4.90 Å². The Morgan fingerprint density at radius 2 is 2.08 bits per heavy atom. The number of carbonyl (C=O) groups excluding carboxylic acids is 1. The van der Waals surface area contributed by atoms with Crippen molar-refractivity contribution in [3.63, 3.8) is 0 Å². The van der Waals surface area contributed by atoms with Gasteiger partial charge in [-0.1, -0.05) is 18.5 Å². The summed E-state index contributed by atoms with van der Waals surface area (Å²) in [7, 11) is 0. The minimum absolute atomic E-state index is 0.0860. The minimum Gasteiger partial charge on any atom is -0.381 e. The molecule has 2 aliphatic heterocycles. The molecule has 1 aromatic carbocycles. The highest BCUT2D eigenvalue weighted by Gasteiger charge is 2.27. The minimum atomic E-state index is 0.0860. The van der Waals surface area contributed by atoms with Gasteiger partial charge >= 0.3 is 0 Å². The van der Waals surface area contributed by atoms with Crippen molar-refractivity contribution in [2.75, 3.05) is 44.3 Å². The highest BCUT2D eigenvalue weighted by atomic mass is 35.5. The number of rotatable bonds is 6. The van der Waals surface area contributed by atoms with E-state index in [4.69, 9.17) is 16.3 Å². The second kappa shape index (κ2) is 8.21. The van der Waals surface area contributed by atoms with Gasteiger partial charge in [-0.3, -0.25) is 4.79 Å². The number of amides is 1. The summed E-state index contributed by atoms with van der Waals surface area (Å²) in [6.07, 6.45) is 4.49. The van der Waals surface area contributed by atoms with Crippen molar-refractivity contribution in [1.29, 1.82) is 0 Å². The first-order chi connectivity index (χ1) is 11.7. The molecular weight excluding hydrogens is 324 g/mol. The fraction of sp³-hybridized carbons (Fsp3) is 0.632. The summed E-state index contributed by atoms with van der Waals surface area (Å²) in [5.41, 5.74) is 1.75. The third-order valence-corrected chi connectivity index (χ3v) is 5.22. The molecule has 0 aromatic heterocycles. The normalized spacial score (nSPS) is 20.8. The summed E-state index contributed by atoms with van der Waals surface area (Å²) >= 11 is 6.44. The first-order valence-corrected chi connectivity index (χ1v) is 9.48. The molecule has 0 aliphatic carbocycles. The molecule has 0 bridgehead atoms. The maximum absolute atomic E-state index is 12.7. The van der Waals surface area contributed by atoms with Crippen molar-refractivity contribution in [1.82, 2.24) is 4.90 Å². The number of likely N-dealkylation sites (tertiary alicyclic amines) is 1. The topological polar surface area (TPSA) is 32.8 Å². The molecule has 1 aromatic rings. The summed E-state index contributed by atoms with van der Waals surface area (Å²) in [5, 5.41) is 0.685. The highest BCUT2D eigenvalue weighted by Crippen LogP contribution is 2.30. The first-order valence-electron chi connectivity index (χ1n) is 9.10. The Balaban J connectivity index is 1.60. The quantitative estimate of drug-likeness (QED) is 0.731. The van der Waals surface area contributed by atoms with Crippen LogP contribution in [0.4, 0.5) is 5.69 Å². The molecule has 1 unspecified atom stereocenters. The third kappa shape index (κ3) is 4.04. The Morgan fingerprint density at radius 1 is 1.29 bits per heavy atom. The molecule has 1 amide bonds. The molecule has 0 N–H and O–H groups in total. The number of halogens is 1. The van der Waals surface area contributed by atoms with Crippen LogP contribution in [0.2, 0.25) is 5.02 Å². The summed E-state index contributed by atoms with van der Waals surface area (Å²) in [6.45, 7) is 7.37. The smallest absolute Gasteiger partial charge is 0.253 e. The number of hydrogen-bond donors (Lipinski definition) is 0. The van der Waals surface area contributed by atoms with E-state index in [0.29, 0.717) is 16.5 Å². The van der Waals surface area contributed by atoms with Crippen LogP contribution in [0.25, 0.3) is 0 Å². The maximum Gasteiger partial charge on any atom is 0.253 e. The highest BCUT2D eigenvalue weighted by molar-refractivity contribution is 6.33. The number of benzene rings is 1. The molecule has 0 spiro atoms. The lowest BCUT2D eigenvalue weighted by molar-refractivity contribution is 0.0754. The molecule has 132 valence electrons. The fourth-order valence-corrected chi connectivity index (χ4v) is 3.88. The SMILES string of the molecule is CCCOCC1CCN(C(=O)c2ccc(N3CCCC3)c(Cl)c2)C1. The van der Waals surface area contributed by atoms with Crippen molar-refractivity contribution in [2.24, 2.45) is 5.92 Å².